The summed E-state index contributed by atoms with van der Waals surface area (Å²) in [6, 6.07) is 7.43. The lowest BCUT2D eigenvalue weighted by molar-refractivity contribution is -0.133. The number of halogens is 2. The Balaban J connectivity index is 0.00000169. The first kappa shape index (κ1) is 23.0. The molecule has 2 saturated heterocycles. The van der Waals surface area contributed by atoms with Crippen LogP contribution in [0, 0.1) is 5.92 Å². The standard InChI is InChI=1S/C19H29N3O2.2ClH/c23-18-3-1-2-17(14-18)15-21-10-12-22(13-11-21)19(24)5-4-16-6-8-20-9-7-16;;/h1-3,14,16,20,23H,4-13,15H2;2*1H. The molecule has 1 aromatic rings. The Labute approximate surface area is 168 Å². The van der Waals surface area contributed by atoms with E-state index in [1.165, 1.54) is 12.8 Å². The second kappa shape index (κ2) is 11.7. The Morgan fingerprint density at radius 1 is 1.12 bits per heavy atom. The van der Waals surface area contributed by atoms with E-state index in [9.17, 15) is 9.90 Å². The van der Waals surface area contributed by atoms with Crippen molar-refractivity contribution in [3.8, 4) is 5.75 Å². The SMILES string of the molecule is Cl.Cl.O=C(CCC1CCNCC1)N1CCN(Cc2cccc(O)c2)CC1. The summed E-state index contributed by atoms with van der Waals surface area (Å²) >= 11 is 0. The molecule has 0 spiro atoms. The van der Waals surface area contributed by atoms with Crippen LogP contribution in [0.4, 0.5) is 0 Å². The molecular formula is C19H31Cl2N3O2. The highest BCUT2D eigenvalue weighted by atomic mass is 35.5. The number of carbonyl (C=O) groups excluding carboxylic acids is 1. The van der Waals surface area contributed by atoms with E-state index in [4.69, 9.17) is 0 Å². The molecule has 2 heterocycles. The van der Waals surface area contributed by atoms with Crippen molar-refractivity contribution in [2.45, 2.75) is 32.2 Å². The zero-order chi connectivity index (χ0) is 16.8. The fraction of sp³-hybridized carbons (Fsp3) is 0.632. The van der Waals surface area contributed by atoms with Crippen LogP contribution in [-0.4, -0.2) is 60.1 Å². The van der Waals surface area contributed by atoms with E-state index in [2.05, 4.69) is 10.2 Å². The predicted octanol–water partition coefficient (Wildman–Crippen LogP) is 2.66. The monoisotopic (exact) mass is 403 g/mol. The maximum Gasteiger partial charge on any atom is 0.222 e. The van der Waals surface area contributed by atoms with Crippen LogP contribution in [-0.2, 0) is 11.3 Å². The molecule has 148 valence electrons. The average Bonchev–Trinajstić information content (AvgIpc) is 2.61. The smallest absolute Gasteiger partial charge is 0.222 e. The van der Waals surface area contributed by atoms with Crippen molar-refractivity contribution in [3.05, 3.63) is 29.8 Å². The van der Waals surface area contributed by atoms with Crippen LogP contribution in [0.5, 0.6) is 5.75 Å². The number of phenolic OH excluding ortho intramolecular Hbond substituents is 1. The molecular weight excluding hydrogens is 373 g/mol. The molecule has 0 bridgehead atoms. The molecule has 0 saturated carbocycles. The maximum absolute atomic E-state index is 12.4. The van der Waals surface area contributed by atoms with Crippen molar-refractivity contribution in [2.24, 2.45) is 5.92 Å². The van der Waals surface area contributed by atoms with Gasteiger partial charge in [0.2, 0.25) is 5.91 Å². The molecule has 0 unspecified atom stereocenters. The number of piperidine rings is 1. The summed E-state index contributed by atoms with van der Waals surface area (Å²) in [4.78, 5) is 16.8. The quantitative estimate of drug-likeness (QED) is 0.793. The van der Waals surface area contributed by atoms with Crippen molar-refractivity contribution >= 4 is 30.7 Å². The molecule has 2 aliphatic heterocycles. The van der Waals surface area contributed by atoms with E-state index >= 15 is 0 Å². The van der Waals surface area contributed by atoms with Gasteiger partial charge in [-0.25, -0.2) is 0 Å². The number of carbonyl (C=O) groups is 1. The number of amides is 1. The van der Waals surface area contributed by atoms with Crippen LogP contribution in [0.1, 0.15) is 31.2 Å². The molecule has 0 aliphatic carbocycles. The third kappa shape index (κ3) is 6.95. The number of hydrogen-bond acceptors (Lipinski definition) is 4. The van der Waals surface area contributed by atoms with E-state index in [0.29, 0.717) is 18.1 Å². The number of rotatable bonds is 5. The Kier molecular flexibility index (Phi) is 10.3. The summed E-state index contributed by atoms with van der Waals surface area (Å²) < 4.78 is 0. The van der Waals surface area contributed by atoms with Gasteiger partial charge in [-0.15, -0.1) is 24.8 Å². The topological polar surface area (TPSA) is 55.8 Å². The van der Waals surface area contributed by atoms with E-state index in [-0.39, 0.29) is 24.8 Å². The van der Waals surface area contributed by atoms with Crippen molar-refractivity contribution in [1.29, 1.82) is 0 Å². The summed E-state index contributed by atoms with van der Waals surface area (Å²) in [5.41, 5.74) is 1.13. The molecule has 5 nitrogen and oxygen atoms in total. The van der Waals surface area contributed by atoms with Crippen molar-refractivity contribution in [3.63, 3.8) is 0 Å². The molecule has 2 aliphatic rings. The summed E-state index contributed by atoms with van der Waals surface area (Å²) in [7, 11) is 0. The van der Waals surface area contributed by atoms with Gasteiger partial charge >= 0.3 is 0 Å². The lowest BCUT2D eigenvalue weighted by atomic mass is 9.93. The third-order valence-corrected chi connectivity index (χ3v) is 5.27. The molecule has 7 heteroatoms. The van der Waals surface area contributed by atoms with Gasteiger partial charge in [0.25, 0.3) is 0 Å². The Bertz CT molecular complexity index is 545. The third-order valence-electron chi connectivity index (χ3n) is 5.27. The molecule has 1 aromatic carbocycles. The van der Waals surface area contributed by atoms with Crippen molar-refractivity contribution in [1.82, 2.24) is 15.1 Å². The highest BCUT2D eigenvalue weighted by Gasteiger charge is 2.22. The summed E-state index contributed by atoms with van der Waals surface area (Å²) in [5.74, 6) is 1.37. The first-order valence-corrected chi connectivity index (χ1v) is 9.19. The highest BCUT2D eigenvalue weighted by Crippen LogP contribution is 2.19. The van der Waals surface area contributed by atoms with Gasteiger partial charge in [-0.2, -0.15) is 0 Å². The normalized spacial score (nSPS) is 18.7. The van der Waals surface area contributed by atoms with Gasteiger partial charge in [0.05, 0.1) is 0 Å². The van der Waals surface area contributed by atoms with Crippen molar-refractivity contribution in [2.75, 3.05) is 39.3 Å². The van der Waals surface area contributed by atoms with Crippen LogP contribution in [0.3, 0.4) is 0 Å². The minimum atomic E-state index is 0. The van der Waals surface area contributed by atoms with Crippen LogP contribution < -0.4 is 5.32 Å². The molecule has 3 rings (SSSR count). The Morgan fingerprint density at radius 3 is 2.46 bits per heavy atom. The number of phenols is 1. The van der Waals surface area contributed by atoms with E-state index in [1.807, 2.05) is 23.1 Å². The second-order valence-electron chi connectivity index (χ2n) is 7.06. The maximum atomic E-state index is 12.4. The molecule has 1 amide bonds. The highest BCUT2D eigenvalue weighted by molar-refractivity contribution is 5.85. The van der Waals surface area contributed by atoms with Gasteiger partial charge in [-0.05, 0) is 56.0 Å². The second-order valence-corrected chi connectivity index (χ2v) is 7.06. The van der Waals surface area contributed by atoms with E-state index < -0.39 is 0 Å². The number of benzene rings is 1. The lowest BCUT2D eigenvalue weighted by Crippen LogP contribution is -2.48. The predicted molar refractivity (Wildman–Crippen MR) is 109 cm³/mol. The van der Waals surface area contributed by atoms with Crippen LogP contribution in [0.2, 0.25) is 0 Å². The molecule has 0 atom stereocenters. The number of aromatic hydroxyl groups is 1. The Hall–Kier alpha value is -1.01. The van der Waals surface area contributed by atoms with Crippen LogP contribution in [0.15, 0.2) is 24.3 Å². The number of nitrogens with one attached hydrogen (secondary N) is 1. The molecule has 0 radical (unpaired) electrons. The summed E-state index contributed by atoms with van der Waals surface area (Å²) in [6.07, 6.45) is 4.18. The molecule has 26 heavy (non-hydrogen) atoms. The number of hydrogen-bond donors (Lipinski definition) is 2. The fourth-order valence-electron chi connectivity index (χ4n) is 3.72. The number of nitrogens with zero attached hydrogens (tertiary/aromatic N) is 2. The van der Waals surface area contributed by atoms with Crippen molar-refractivity contribution < 1.29 is 9.90 Å². The van der Waals surface area contributed by atoms with Gasteiger partial charge in [-0.1, -0.05) is 12.1 Å². The number of piperazine rings is 1. The molecule has 0 aromatic heterocycles. The van der Waals surface area contributed by atoms with Crippen LogP contribution in [0.25, 0.3) is 0 Å². The van der Waals surface area contributed by atoms with Gasteiger partial charge in [0, 0.05) is 39.1 Å². The first-order valence-electron chi connectivity index (χ1n) is 9.19. The lowest BCUT2D eigenvalue weighted by Gasteiger charge is -2.35. The molecule has 2 fully saturated rings. The average molecular weight is 404 g/mol. The van der Waals surface area contributed by atoms with Gasteiger partial charge in [0.15, 0.2) is 0 Å². The first-order chi connectivity index (χ1) is 11.7. The van der Waals surface area contributed by atoms with Crippen LogP contribution >= 0.6 is 24.8 Å². The summed E-state index contributed by atoms with van der Waals surface area (Å²) in [5, 5.41) is 12.9. The zero-order valence-electron chi connectivity index (χ0n) is 15.2. The minimum absolute atomic E-state index is 0. The summed E-state index contributed by atoms with van der Waals surface area (Å²) in [6.45, 7) is 6.52. The Morgan fingerprint density at radius 2 is 1.81 bits per heavy atom. The molecule has 2 N–H and O–H groups in total. The van der Waals surface area contributed by atoms with Gasteiger partial charge < -0.3 is 15.3 Å². The largest absolute Gasteiger partial charge is 0.508 e. The van der Waals surface area contributed by atoms with E-state index in [1.54, 1.807) is 6.07 Å². The van der Waals surface area contributed by atoms with Gasteiger partial charge in [0.1, 0.15) is 5.75 Å². The minimum Gasteiger partial charge on any atom is -0.508 e. The fourth-order valence-corrected chi connectivity index (χ4v) is 3.72. The van der Waals surface area contributed by atoms with Gasteiger partial charge in [-0.3, -0.25) is 9.69 Å². The van der Waals surface area contributed by atoms with E-state index in [0.717, 1.165) is 63.7 Å². The zero-order valence-corrected chi connectivity index (χ0v) is 16.9.